The number of benzene rings is 2. The second-order valence-corrected chi connectivity index (χ2v) is 6.30. The minimum absolute atomic E-state index is 0.0250. The molecule has 0 atom stereocenters. The van der Waals surface area contributed by atoms with E-state index >= 15 is 0 Å². The molecule has 0 spiro atoms. The van der Waals surface area contributed by atoms with E-state index < -0.39 is 0 Å². The Hall–Kier alpha value is -1.92. The molecule has 1 heterocycles. The van der Waals surface area contributed by atoms with Crippen LogP contribution in [-0.4, -0.2) is 21.7 Å². The molecular weight excluding hydrogens is 364 g/mol. The largest absolute Gasteiger partial charge is 0.411 e. The normalized spacial score (nSPS) is 10.6. The van der Waals surface area contributed by atoms with Gasteiger partial charge in [0.25, 0.3) is 5.22 Å². The predicted molar refractivity (Wildman–Crippen MR) is 88.9 cm³/mol. The lowest BCUT2D eigenvalue weighted by Gasteiger charge is -1.99. The molecule has 0 aliphatic carbocycles. The van der Waals surface area contributed by atoms with Gasteiger partial charge in [-0.05, 0) is 24.3 Å². The first kappa shape index (κ1) is 15.0. The van der Waals surface area contributed by atoms with Gasteiger partial charge in [0.2, 0.25) is 5.89 Å². The van der Waals surface area contributed by atoms with Crippen LogP contribution in [0.1, 0.15) is 10.4 Å². The lowest BCUT2D eigenvalue weighted by Crippen LogP contribution is -2.01. The van der Waals surface area contributed by atoms with Gasteiger partial charge >= 0.3 is 0 Å². The van der Waals surface area contributed by atoms with Crippen molar-refractivity contribution in [1.29, 1.82) is 0 Å². The maximum absolute atomic E-state index is 12.1. The third-order valence-corrected chi connectivity index (χ3v) is 4.27. The molecule has 0 amide bonds. The molecule has 3 aromatic rings. The molecule has 2 aromatic carbocycles. The van der Waals surface area contributed by atoms with Crippen molar-refractivity contribution in [3.05, 3.63) is 64.6 Å². The van der Waals surface area contributed by atoms with Crippen LogP contribution in [0.15, 0.2) is 68.7 Å². The second kappa shape index (κ2) is 6.89. The van der Waals surface area contributed by atoms with Crippen molar-refractivity contribution in [2.24, 2.45) is 0 Å². The molecule has 0 aliphatic heterocycles. The van der Waals surface area contributed by atoms with Gasteiger partial charge in [-0.3, -0.25) is 4.79 Å². The lowest BCUT2D eigenvalue weighted by molar-refractivity contribution is 0.102. The van der Waals surface area contributed by atoms with Crippen molar-refractivity contribution in [2.45, 2.75) is 5.22 Å². The topological polar surface area (TPSA) is 56.0 Å². The average molecular weight is 375 g/mol. The van der Waals surface area contributed by atoms with Crippen molar-refractivity contribution in [2.75, 3.05) is 5.75 Å². The number of nitrogens with zero attached hydrogens (tertiary/aromatic N) is 2. The summed E-state index contributed by atoms with van der Waals surface area (Å²) >= 11 is 4.59. The molecule has 0 saturated heterocycles. The van der Waals surface area contributed by atoms with Gasteiger partial charge in [-0.25, -0.2) is 0 Å². The highest BCUT2D eigenvalue weighted by molar-refractivity contribution is 9.10. The zero-order valence-electron chi connectivity index (χ0n) is 11.4. The molecule has 3 rings (SSSR count). The number of hydrogen-bond donors (Lipinski definition) is 0. The number of ketones is 1. The smallest absolute Gasteiger partial charge is 0.277 e. The highest BCUT2D eigenvalue weighted by Gasteiger charge is 2.12. The number of aromatic nitrogens is 2. The molecular formula is C16H11BrN2O2S. The number of hydrogen-bond acceptors (Lipinski definition) is 5. The van der Waals surface area contributed by atoms with Crippen LogP contribution in [0.3, 0.4) is 0 Å². The summed E-state index contributed by atoms with van der Waals surface area (Å²) in [5.41, 5.74) is 1.53. The molecule has 0 aliphatic rings. The van der Waals surface area contributed by atoms with Crippen molar-refractivity contribution < 1.29 is 9.21 Å². The van der Waals surface area contributed by atoms with E-state index in [1.807, 2.05) is 42.5 Å². The Bertz CT molecular complexity index is 772. The van der Waals surface area contributed by atoms with E-state index in [1.165, 1.54) is 11.8 Å². The van der Waals surface area contributed by atoms with Crippen LogP contribution in [0.2, 0.25) is 0 Å². The number of halogens is 1. The van der Waals surface area contributed by atoms with Crippen LogP contribution in [0.4, 0.5) is 0 Å². The maximum Gasteiger partial charge on any atom is 0.277 e. The van der Waals surface area contributed by atoms with Crippen molar-refractivity contribution in [3.8, 4) is 11.5 Å². The van der Waals surface area contributed by atoms with Gasteiger partial charge < -0.3 is 4.42 Å². The molecule has 0 bridgehead atoms. The van der Waals surface area contributed by atoms with Crippen LogP contribution in [0.5, 0.6) is 0 Å². The first-order valence-electron chi connectivity index (χ1n) is 6.53. The summed E-state index contributed by atoms with van der Waals surface area (Å²) in [6.07, 6.45) is 0. The molecule has 6 heteroatoms. The van der Waals surface area contributed by atoms with Gasteiger partial charge in [0.05, 0.1) is 5.75 Å². The fourth-order valence-corrected chi connectivity index (χ4v) is 2.73. The number of rotatable bonds is 5. The summed E-state index contributed by atoms with van der Waals surface area (Å²) in [5, 5.41) is 8.35. The van der Waals surface area contributed by atoms with Crippen LogP contribution in [0, 0.1) is 0 Å². The van der Waals surface area contributed by atoms with Gasteiger partial charge in [0.15, 0.2) is 5.78 Å². The summed E-state index contributed by atoms with van der Waals surface area (Å²) < 4.78 is 6.50. The predicted octanol–water partition coefficient (Wildman–Crippen LogP) is 4.47. The van der Waals surface area contributed by atoms with E-state index in [2.05, 4.69) is 26.1 Å². The Labute approximate surface area is 140 Å². The molecule has 0 saturated carbocycles. The van der Waals surface area contributed by atoms with Crippen LogP contribution in [-0.2, 0) is 0 Å². The van der Waals surface area contributed by atoms with E-state index in [4.69, 9.17) is 4.42 Å². The van der Waals surface area contributed by atoms with Gasteiger partial charge in [-0.2, -0.15) is 0 Å². The van der Waals surface area contributed by atoms with E-state index in [0.717, 1.165) is 10.0 Å². The zero-order valence-corrected chi connectivity index (χ0v) is 13.8. The number of thioether (sulfide) groups is 1. The van der Waals surface area contributed by atoms with Crippen molar-refractivity contribution in [1.82, 2.24) is 10.2 Å². The Morgan fingerprint density at radius 3 is 2.50 bits per heavy atom. The van der Waals surface area contributed by atoms with Gasteiger partial charge in [0.1, 0.15) is 0 Å². The molecule has 22 heavy (non-hydrogen) atoms. The fraction of sp³-hybridized carbons (Fsp3) is 0.0625. The zero-order chi connectivity index (χ0) is 15.4. The quantitative estimate of drug-likeness (QED) is 0.486. The molecule has 0 N–H and O–H groups in total. The monoisotopic (exact) mass is 374 g/mol. The highest BCUT2D eigenvalue weighted by Crippen LogP contribution is 2.23. The van der Waals surface area contributed by atoms with E-state index in [0.29, 0.717) is 16.7 Å². The minimum Gasteiger partial charge on any atom is -0.411 e. The molecule has 1 aromatic heterocycles. The molecule has 0 radical (unpaired) electrons. The summed E-state index contributed by atoms with van der Waals surface area (Å²) in [4.78, 5) is 12.1. The van der Waals surface area contributed by atoms with Crippen LogP contribution in [0.25, 0.3) is 11.5 Å². The number of carbonyl (C=O) groups excluding carboxylic acids is 1. The van der Waals surface area contributed by atoms with Crippen LogP contribution >= 0.6 is 27.7 Å². The Kier molecular flexibility index (Phi) is 4.70. The number of Topliss-reactive ketones (excluding diaryl/α,β-unsaturated/α-hetero) is 1. The van der Waals surface area contributed by atoms with Gasteiger partial charge in [0, 0.05) is 15.6 Å². The lowest BCUT2D eigenvalue weighted by atomic mass is 10.2. The van der Waals surface area contributed by atoms with Gasteiger partial charge in [-0.15, -0.1) is 10.2 Å². The third-order valence-electron chi connectivity index (χ3n) is 2.92. The summed E-state index contributed by atoms with van der Waals surface area (Å²) in [6, 6.07) is 16.8. The van der Waals surface area contributed by atoms with Crippen LogP contribution < -0.4 is 0 Å². The standard InChI is InChI=1S/C16H11BrN2O2S/c17-13-8-6-11(7-9-13)14(20)10-22-16-19-18-15(21-16)12-4-2-1-3-5-12/h1-9H,10H2. The highest BCUT2D eigenvalue weighted by atomic mass is 79.9. The van der Waals surface area contributed by atoms with E-state index in [-0.39, 0.29) is 11.5 Å². The van der Waals surface area contributed by atoms with Gasteiger partial charge in [-0.1, -0.05) is 58.0 Å². The Morgan fingerprint density at radius 2 is 1.77 bits per heavy atom. The SMILES string of the molecule is O=C(CSc1nnc(-c2ccccc2)o1)c1ccc(Br)cc1. The Morgan fingerprint density at radius 1 is 1.05 bits per heavy atom. The van der Waals surface area contributed by atoms with Crippen molar-refractivity contribution >= 4 is 33.5 Å². The van der Waals surface area contributed by atoms with E-state index in [9.17, 15) is 4.79 Å². The third kappa shape index (κ3) is 3.64. The van der Waals surface area contributed by atoms with E-state index in [1.54, 1.807) is 12.1 Å². The summed E-state index contributed by atoms with van der Waals surface area (Å²) in [5.74, 6) is 0.745. The average Bonchev–Trinajstić information content (AvgIpc) is 3.03. The Balaban J connectivity index is 1.64. The molecule has 0 fully saturated rings. The maximum atomic E-state index is 12.1. The number of carbonyl (C=O) groups is 1. The summed E-state index contributed by atoms with van der Waals surface area (Å²) in [6.45, 7) is 0. The second-order valence-electron chi connectivity index (χ2n) is 4.46. The molecule has 4 nitrogen and oxygen atoms in total. The minimum atomic E-state index is 0.0250. The molecule has 110 valence electrons. The molecule has 0 unspecified atom stereocenters. The first-order valence-corrected chi connectivity index (χ1v) is 8.31. The summed E-state index contributed by atoms with van der Waals surface area (Å²) in [7, 11) is 0. The first-order chi connectivity index (χ1) is 10.7. The fourth-order valence-electron chi connectivity index (χ4n) is 1.81. The van der Waals surface area contributed by atoms with Crippen molar-refractivity contribution in [3.63, 3.8) is 0 Å².